The van der Waals surface area contributed by atoms with E-state index in [0.717, 1.165) is 18.9 Å². The molecule has 0 spiro atoms. The molecule has 1 rings (SSSR count). The minimum Gasteiger partial charge on any atom is -0.476 e. The van der Waals surface area contributed by atoms with Crippen molar-refractivity contribution >= 4 is 22.4 Å². The quantitative estimate of drug-likeness (QED) is 0.721. The van der Waals surface area contributed by atoms with Gasteiger partial charge in [-0.2, -0.15) is 0 Å². The molecule has 2 N–H and O–H groups in total. The van der Waals surface area contributed by atoms with Gasteiger partial charge < -0.3 is 10.4 Å². The van der Waals surface area contributed by atoms with E-state index in [4.69, 9.17) is 5.11 Å². The van der Waals surface area contributed by atoms with Gasteiger partial charge in [-0.25, -0.2) is 9.78 Å². The summed E-state index contributed by atoms with van der Waals surface area (Å²) < 4.78 is 0. The lowest BCUT2D eigenvalue weighted by Crippen LogP contribution is -2.03. The van der Waals surface area contributed by atoms with Crippen molar-refractivity contribution in [2.75, 3.05) is 11.9 Å². The van der Waals surface area contributed by atoms with Crippen molar-refractivity contribution in [3.63, 3.8) is 0 Å². The van der Waals surface area contributed by atoms with E-state index in [0.29, 0.717) is 5.13 Å². The number of carboxylic acids is 1. The average molecular weight is 242 g/mol. The summed E-state index contributed by atoms with van der Waals surface area (Å²) in [6, 6.07) is 0. The summed E-state index contributed by atoms with van der Waals surface area (Å²) >= 11 is 1.34. The van der Waals surface area contributed by atoms with Gasteiger partial charge in [-0.05, 0) is 12.3 Å². The van der Waals surface area contributed by atoms with Crippen LogP contribution in [0, 0.1) is 5.92 Å². The fourth-order valence-corrected chi connectivity index (χ4v) is 2.04. The molecule has 1 aromatic rings. The molecule has 0 saturated carbocycles. The van der Waals surface area contributed by atoms with Gasteiger partial charge in [-0.3, -0.25) is 0 Å². The van der Waals surface area contributed by atoms with Crippen LogP contribution < -0.4 is 5.32 Å². The molecule has 0 atom stereocenters. The Labute approximate surface area is 99.7 Å². The largest absolute Gasteiger partial charge is 0.476 e. The van der Waals surface area contributed by atoms with Crippen molar-refractivity contribution in [1.29, 1.82) is 0 Å². The molecule has 0 aliphatic heterocycles. The van der Waals surface area contributed by atoms with Gasteiger partial charge in [0, 0.05) is 11.9 Å². The van der Waals surface area contributed by atoms with Crippen molar-refractivity contribution in [3.8, 4) is 0 Å². The number of carbonyl (C=O) groups is 1. The van der Waals surface area contributed by atoms with Gasteiger partial charge in [0.05, 0.1) is 0 Å². The number of rotatable bonds is 7. The number of hydrogen-bond donors (Lipinski definition) is 2. The van der Waals surface area contributed by atoms with E-state index in [-0.39, 0.29) is 5.69 Å². The fourth-order valence-electron chi connectivity index (χ4n) is 1.33. The molecule has 0 unspecified atom stereocenters. The van der Waals surface area contributed by atoms with Crippen molar-refractivity contribution in [2.45, 2.75) is 33.1 Å². The Bertz CT molecular complexity index is 336. The normalized spacial score (nSPS) is 10.7. The van der Waals surface area contributed by atoms with Crippen LogP contribution >= 0.6 is 11.3 Å². The smallest absolute Gasteiger partial charge is 0.355 e. The Morgan fingerprint density at radius 2 is 2.31 bits per heavy atom. The Morgan fingerprint density at radius 1 is 1.56 bits per heavy atom. The lowest BCUT2D eigenvalue weighted by molar-refractivity contribution is 0.0691. The number of carboxylic acid groups (broad SMARTS) is 1. The predicted octanol–water partition coefficient (Wildman–Crippen LogP) is 3.08. The van der Waals surface area contributed by atoms with E-state index in [2.05, 4.69) is 24.1 Å². The predicted molar refractivity (Wildman–Crippen MR) is 66.3 cm³/mol. The third kappa shape index (κ3) is 4.61. The average Bonchev–Trinajstić information content (AvgIpc) is 2.65. The van der Waals surface area contributed by atoms with E-state index >= 15 is 0 Å². The Kier molecular flexibility index (Phi) is 5.25. The van der Waals surface area contributed by atoms with Gasteiger partial charge in [0.15, 0.2) is 10.8 Å². The maximum atomic E-state index is 10.6. The molecule has 0 aliphatic rings. The number of aromatic carboxylic acids is 1. The number of hydrogen-bond acceptors (Lipinski definition) is 4. The minimum atomic E-state index is -0.968. The molecule has 0 fully saturated rings. The van der Waals surface area contributed by atoms with Crippen molar-refractivity contribution in [2.24, 2.45) is 5.92 Å². The van der Waals surface area contributed by atoms with Crippen LogP contribution in [0.15, 0.2) is 5.38 Å². The number of nitrogens with zero attached hydrogens (tertiary/aromatic N) is 1. The fraction of sp³-hybridized carbons (Fsp3) is 0.636. The molecular formula is C11H18N2O2S. The first-order valence-corrected chi connectivity index (χ1v) is 6.40. The molecule has 4 nitrogen and oxygen atoms in total. The number of unbranched alkanes of at least 4 members (excludes halogenated alkanes) is 1. The minimum absolute atomic E-state index is 0.120. The van der Waals surface area contributed by atoms with Crippen molar-refractivity contribution in [3.05, 3.63) is 11.1 Å². The molecule has 0 aromatic carbocycles. The summed E-state index contributed by atoms with van der Waals surface area (Å²) in [5.41, 5.74) is 0.120. The molecule has 90 valence electrons. The van der Waals surface area contributed by atoms with Gasteiger partial charge in [0.1, 0.15) is 0 Å². The van der Waals surface area contributed by atoms with Gasteiger partial charge in [-0.15, -0.1) is 11.3 Å². The highest BCUT2D eigenvalue weighted by atomic mass is 32.1. The third-order valence-corrected chi connectivity index (χ3v) is 3.01. The Balaban J connectivity index is 2.19. The second-order valence-electron chi connectivity index (χ2n) is 4.16. The highest BCUT2D eigenvalue weighted by Crippen LogP contribution is 2.15. The summed E-state index contributed by atoms with van der Waals surface area (Å²) in [6.07, 6.45) is 3.53. The maximum Gasteiger partial charge on any atom is 0.355 e. The lowest BCUT2D eigenvalue weighted by atomic mass is 10.1. The zero-order chi connectivity index (χ0) is 12.0. The van der Waals surface area contributed by atoms with Crippen molar-refractivity contribution < 1.29 is 9.90 Å². The molecule has 5 heteroatoms. The standard InChI is InChI=1S/C11H18N2O2S/c1-8(2)5-3-4-6-12-11-13-9(7-16-11)10(14)15/h7-8H,3-6H2,1-2H3,(H,12,13)(H,14,15). The molecule has 0 bridgehead atoms. The number of aromatic nitrogens is 1. The van der Waals surface area contributed by atoms with E-state index < -0.39 is 5.97 Å². The van der Waals surface area contributed by atoms with Crippen LogP contribution in [0.5, 0.6) is 0 Å². The van der Waals surface area contributed by atoms with Gasteiger partial charge in [0.2, 0.25) is 0 Å². The van der Waals surface area contributed by atoms with Crippen molar-refractivity contribution in [1.82, 2.24) is 4.98 Å². The topological polar surface area (TPSA) is 62.2 Å². The third-order valence-electron chi connectivity index (χ3n) is 2.21. The Morgan fingerprint density at radius 3 is 2.88 bits per heavy atom. The summed E-state index contributed by atoms with van der Waals surface area (Å²) in [5.74, 6) is -0.220. The Hall–Kier alpha value is -1.10. The number of thiazole rings is 1. The highest BCUT2D eigenvalue weighted by Gasteiger charge is 2.07. The summed E-state index contributed by atoms with van der Waals surface area (Å²) in [5, 5.41) is 14.1. The number of nitrogens with one attached hydrogen (secondary N) is 1. The van der Waals surface area contributed by atoms with Crippen LogP contribution in [0.25, 0.3) is 0 Å². The molecule has 0 radical (unpaired) electrons. The maximum absolute atomic E-state index is 10.6. The second kappa shape index (κ2) is 6.48. The van der Waals surface area contributed by atoms with Crippen LogP contribution in [0.3, 0.4) is 0 Å². The SMILES string of the molecule is CC(C)CCCCNc1nc(C(=O)O)cs1. The molecule has 0 aliphatic carbocycles. The van der Waals surface area contributed by atoms with Gasteiger partial charge in [-0.1, -0.05) is 26.7 Å². The van der Waals surface area contributed by atoms with Crippen LogP contribution in [0.1, 0.15) is 43.6 Å². The first-order chi connectivity index (χ1) is 7.59. The van der Waals surface area contributed by atoms with Crippen LogP contribution in [-0.4, -0.2) is 22.6 Å². The lowest BCUT2D eigenvalue weighted by Gasteiger charge is -2.04. The zero-order valence-corrected chi connectivity index (χ0v) is 10.5. The molecule has 0 saturated heterocycles. The van der Waals surface area contributed by atoms with E-state index in [1.54, 1.807) is 5.38 Å². The molecule has 1 heterocycles. The molecule has 1 aromatic heterocycles. The van der Waals surface area contributed by atoms with E-state index in [9.17, 15) is 4.79 Å². The first-order valence-electron chi connectivity index (χ1n) is 5.52. The van der Waals surface area contributed by atoms with E-state index in [1.807, 2.05) is 0 Å². The summed E-state index contributed by atoms with van der Waals surface area (Å²) in [7, 11) is 0. The summed E-state index contributed by atoms with van der Waals surface area (Å²) in [6.45, 7) is 5.29. The first kappa shape index (κ1) is 13.0. The zero-order valence-electron chi connectivity index (χ0n) is 9.69. The molecule has 0 amide bonds. The van der Waals surface area contributed by atoms with Gasteiger partial charge in [0.25, 0.3) is 0 Å². The molecular weight excluding hydrogens is 224 g/mol. The second-order valence-corrected chi connectivity index (χ2v) is 5.02. The van der Waals surface area contributed by atoms with Gasteiger partial charge >= 0.3 is 5.97 Å². The van der Waals surface area contributed by atoms with Crippen LogP contribution in [0.2, 0.25) is 0 Å². The monoisotopic (exact) mass is 242 g/mol. The van der Waals surface area contributed by atoms with E-state index in [1.165, 1.54) is 24.2 Å². The molecule has 16 heavy (non-hydrogen) atoms. The number of anilines is 1. The van der Waals surface area contributed by atoms with Crippen LogP contribution in [-0.2, 0) is 0 Å². The highest BCUT2D eigenvalue weighted by molar-refractivity contribution is 7.13. The van der Waals surface area contributed by atoms with Crippen LogP contribution in [0.4, 0.5) is 5.13 Å². The summed E-state index contributed by atoms with van der Waals surface area (Å²) in [4.78, 5) is 14.5.